The van der Waals surface area contributed by atoms with Crippen molar-refractivity contribution in [2.45, 2.75) is 38.8 Å². The molecule has 1 aliphatic rings. The summed E-state index contributed by atoms with van der Waals surface area (Å²) in [6.07, 6.45) is 1.78. The van der Waals surface area contributed by atoms with Crippen molar-refractivity contribution < 1.29 is 24.2 Å². The molecule has 0 spiro atoms. The topological polar surface area (TPSA) is 169 Å². The van der Waals surface area contributed by atoms with Gasteiger partial charge < -0.3 is 31.4 Å². The molecule has 0 amide bonds. The first-order valence-corrected chi connectivity index (χ1v) is 8.36. The van der Waals surface area contributed by atoms with Crippen LogP contribution in [0.25, 0.3) is 11.0 Å². The zero-order valence-corrected chi connectivity index (χ0v) is 15.3. The van der Waals surface area contributed by atoms with E-state index in [0.717, 1.165) is 30.3 Å². The second-order valence-electron chi connectivity index (χ2n) is 6.12. The lowest BCUT2D eigenvalue weighted by Crippen LogP contribution is -2.29. The third-order valence-electron chi connectivity index (χ3n) is 3.72. The number of nitrogen functional groups attached to an aromatic ring is 1. The molecule has 1 aliphatic heterocycles. The zero-order chi connectivity index (χ0) is 20.6. The van der Waals surface area contributed by atoms with Crippen LogP contribution in [0.4, 0.5) is 5.69 Å². The van der Waals surface area contributed by atoms with Crippen LogP contribution < -0.4 is 22.4 Å². The number of carbonyl (C=O) groups is 2. The van der Waals surface area contributed by atoms with Crippen molar-refractivity contribution in [1.82, 2.24) is 5.32 Å². The molecule has 7 N–H and O–H groups in total. The molecular weight excluding hydrogens is 354 g/mol. The number of benzene rings is 1. The van der Waals surface area contributed by atoms with Crippen molar-refractivity contribution in [1.29, 1.82) is 0 Å². The largest absolute Gasteiger partial charge is 0.480 e. The Morgan fingerprint density at radius 3 is 2.37 bits per heavy atom. The Labute approximate surface area is 156 Å². The van der Waals surface area contributed by atoms with Gasteiger partial charge in [-0.2, -0.15) is 0 Å². The molecule has 9 nitrogen and oxygen atoms in total. The molecule has 0 unspecified atom stereocenters. The van der Waals surface area contributed by atoms with Crippen LogP contribution in [-0.2, 0) is 9.59 Å². The first-order valence-electron chi connectivity index (χ1n) is 8.36. The predicted octanol–water partition coefficient (Wildman–Crippen LogP) is 0.925. The minimum Gasteiger partial charge on any atom is -0.480 e. The summed E-state index contributed by atoms with van der Waals surface area (Å²) >= 11 is 0. The first kappa shape index (κ1) is 22.1. The maximum Gasteiger partial charge on any atom is 0.336 e. The number of rotatable bonds is 2. The SMILES string of the molecule is C[C@H](N)C(=O)O.Cc1cc(=O)oc2cc(N)ccc12.O=C(O)[C@@H]1CCCN1. The van der Waals surface area contributed by atoms with Crippen molar-refractivity contribution in [3.63, 3.8) is 0 Å². The van der Waals surface area contributed by atoms with E-state index in [0.29, 0.717) is 11.3 Å². The smallest absolute Gasteiger partial charge is 0.336 e. The summed E-state index contributed by atoms with van der Waals surface area (Å²) in [4.78, 5) is 30.7. The molecule has 0 bridgehead atoms. The van der Waals surface area contributed by atoms with Gasteiger partial charge in [-0.1, -0.05) is 0 Å². The number of carboxylic acid groups (broad SMARTS) is 2. The van der Waals surface area contributed by atoms with Crippen molar-refractivity contribution in [2.24, 2.45) is 5.73 Å². The molecule has 9 heteroatoms. The lowest BCUT2D eigenvalue weighted by molar-refractivity contribution is -0.139. The Hall–Kier alpha value is -2.91. The van der Waals surface area contributed by atoms with E-state index in [-0.39, 0.29) is 11.7 Å². The molecule has 1 aromatic heterocycles. The maximum atomic E-state index is 11.0. The molecule has 2 atom stereocenters. The number of nitrogens with two attached hydrogens (primary N) is 2. The van der Waals surface area contributed by atoms with Gasteiger partial charge in [0.05, 0.1) is 0 Å². The summed E-state index contributed by atoms with van der Waals surface area (Å²) in [5.74, 6) is -1.68. The van der Waals surface area contributed by atoms with E-state index in [1.807, 2.05) is 13.0 Å². The summed E-state index contributed by atoms with van der Waals surface area (Å²) in [5.41, 5.74) is 12.1. The van der Waals surface area contributed by atoms with E-state index >= 15 is 0 Å². The summed E-state index contributed by atoms with van der Waals surface area (Å²) in [7, 11) is 0. The molecule has 0 radical (unpaired) electrons. The highest BCUT2D eigenvalue weighted by molar-refractivity contribution is 5.82. The molecule has 3 rings (SSSR count). The molecule has 1 fully saturated rings. The number of aryl methyl sites for hydroxylation is 1. The zero-order valence-electron chi connectivity index (χ0n) is 15.3. The number of carboxylic acids is 2. The van der Waals surface area contributed by atoms with E-state index in [9.17, 15) is 14.4 Å². The number of fused-ring (bicyclic) bond motifs is 1. The maximum absolute atomic E-state index is 11.0. The van der Waals surface area contributed by atoms with Gasteiger partial charge in [0.1, 0.15) is 17.7 Å². The van der Waals surface area contributed by atoms with E-state index in [1.165, 1.54) is 13.0 Å². The summed E-state index contributed by atoms with van der Waals surface area (Å²) in [6, 6.07) is 5.76. The van der Waals surface area contributed by atoms with E-state index in [4.69, 9.17) is 26.1 Å². The average molecular weight is 379 g/mol. The summed E-state index contributed by atoms with van der Waals surface area (Å²) in [6.45, 7) is 4.15. The standard InChI is InChI=1S/C10H9NO2.C5H9NO2.C3H7NO2/c1-6-4-10(12)13-9-5-7(11)2-3-8(6)9;7-5(8)4-2-1-3-6-4;1-2(4)3(5)6/h2-5H,11H2,1H3;4,6H,1-3H2,(H,7,8);2H,4H2,1H3,(H,5,6)/t;4-;2-/m.00/s1. The van der Waals surface area contributed by atoms with Gasteiger partial charge >= 0.3 is 17.6 Å². The molecule has 148 valence electrons. The third kappa shape index (κ3) is 7.47. The number of nitrogens with one attached hydrogen (secondary N) is 1. The molecule has 1 saturated heterocycles. The fourth-order valence-electron chi connectivity index (χ4n) is 2.24. The quantitative estimate of drug-likeness (QED) is 0.376. The van der Waals surface area contributed by atoms with E-state index < -0.39 is 18.0 Å². The van der Waals surface area contributed by atoms with Crippen LogP contribution in [0.1, 0.15) is 25.3 Å². The van der Waals surface area contributed by atoms with Crippen LogP contribution in [0.15, 0.2) is 33.5 Å². The van der Waals surface area contributed by atoms with Crippen molar-refractivity contribution in [2.75, 3.05) is 12.3 Å². The van der Waals surface area contributed by atoms with Crippen molar-refractivity contribution in [3.05, 3.63) is 40.2 Å². The van der Waals surface area contributed by atoms with Crippen molar-refractivity contribution >= 4 is 28.6 Å². The second-order valence-corrected chi connectivity index (χ2v) is 6.12. The number of aliphatic carboxylic acids is 2. The highest BCUT2D eigenvalue weighted by atomic mass is 16.4. The molecule has 0 aliphatic carbocycles. The van der Waals surface area contributed by atoms with Crippen LogP contribution >= 0.6 is 0 Å². The summed E-state index contributed by atoms with van der Waals surface area (Å²) < 4.78 is 4.99. The number of hydrogen-bond acceptors (Lipinski definition) is 7. The van der Waals surface area contributed by atoms with Crippen LogP contribution in [0.5, 0.6) is 0 Å². The van der Waals surface area contributed by atoms with Crippen LogP contribution in [0, 0.1) is 6.92 Å². The van der Waals surface area contributed by atoms with Gasteiger partial charge in [-0.15, -0.1) is 0 Å². The molecule has 27 heavy (non-hydrogen) atoms. The Kier molecular flexibility index (Phi) is 8.43. The predicted molar refractivity (Wildman–Crippen MR) is 102 cm³/mol. The molecule has 1 aromatic carbocycles. The van der Waals surface area contributed by atoms with Gasteiger partial charge in [0.2, 0.25) is 0 Å². The van der Waals surface area contributed by atoms with Crippen LogP contribution in [0.3, 0.4) is 0 Å². The van der Waals surface area contributed by atoms with Gasteiger partial charge in [-0.25, -0.2) is 4.79 Å². The van der Waals surface area contributed by atoms with Gasteiger partial charge in [-0.05, 0) is 50.9 Å². The third-order valence-corrected chi connectivity index (χ3v) is 3.72. The monoisotopic (exact) mass is 379 g/mol. The Bertz CT molecular complexity index is 841. The Morgan fingerprint density at radius 2 is 1.93 bits per heavy atom. The number of anilines is 1. The molecule has 0 saturated carbocycles. The summed E-state index contributed by atoms with van der Waals surface area (Å²) in [5, 5.41) is 20.0. The van der Waals surface area contributed by atoms with E-state index in [2.05, 4.69) is 5.32 Å². The minimum atomic E-state index is -0.963. The lowest BCUT2D eigenvalue weighted by atomic mass is 10.1. The Morgan fingerprint density at radius 1 is 1.30 bits per heavy atom. The average Bonchev–Trinajstić information content (AvgIpc) is 3.10. The van der Waals surface area contributed by atoms with Gasteiger partial charge in [0, 0.05) is 23.2 Å². The van der Waals surface area contributed by atoms with Crippen molar-refractivity contribution in [3.8, 4) is 0 Å². The van der Waals surface area contributed by atoms with E-state index in [1.54, 1.807) is 12.1 Å². The minimum absolute atomic E-state index is 0.269. The van der Waals surface area contributed by atoms with Gasteiger partial charge in [-0.3, -0.25) is 9.59 Å². The fraction of sp³-hybridized carbons (Fsp3) is 0.389. The number of hydrogen-bond donors (Lipinski definition) is 5. The molecular formula is C18H25N3O6. The van der Waals surface area contributed by atoms with Crippen LogP contribution in [0.2, 0.25) is 0 Å². The highest BCUT2D eigenvalue weighted by Gasteiger charge is 2.20. The lowest BCUT2D eigenvalue weighted by Gasteiger charge is -2.00. The second kappa shape index (κ2) is 10.3. The Balaban J connectivity index is 0.000000224. The molecule has 2 heterocycles. The van der Waals surface area contributed by atoms with Gasteiger partial charge in [0.25, 0.3) is 0 Å². The fourth-order valence-corrected chi connectivity index (χ4v) is 2.24. The first-order chi connectivity index (χ1) is 12.6. The van der Waals surface area contributed by atoms with Gasteiger partial charge in [0.15, 0.2) is 0 Å². The molecule has 2 aromatic rings. The highest BCUT2D eigenvalue weighted by Crippen LogP contribution is 2.18. The van der Waals surface area contributed by atoms with Crippen LogP contribution in [-0.4, -0.2) is 40.8 Å². The normalized spacial score (nSPS) is 16.5.